The van der Waals surface area contributed by atoms with Gasteiger partial charge in [0.05, 0.1) is 24.0 Å². The lowest BCUT2D eigenvalue weighted by molar-refractivity contribution is -0.385. The Kier molecular flexibility index (Phi) is 4.55. The predicted molar refractivity (Wildman–Crippen MR) is 60.3 cm³/mol. The van der Waals surface area contributed by atoms with Crippen LogP contribution < -0.4 is 9.47 Å². The van der Waals surface area contributed by atoms with Crippen molar-refractivity contribution in [3.05, 3.63) is 27.8 Å². The Morgan fingerprint density at radius 2 is 2.24 bits per heavy atom. The maximum atomic E-state index is 10.8. The number of methoxy groups -OCH3 is 1. The summed E-state index contributed by atoms with van der Waals surface area (Å²) in [5.74, 6) is 0.446. The monoisotopic (exact) mass is 256 g/mol. The average Bonchev–Trinajstić information content (AvgIpc) is 2.34. The number of benzene rings is 1. The van der Waals surface area contributed by atoms with Gasteiger partial charge in [0.25, 0.3) is 5.69 Å². The smallest absolute Gasteiger partial charge is 0.277 e. The third-order valence-electron chi connectivity index (χ3n) is 2.00. The number of hydrogen-bond acceptors (Lipinski definition) is 5. The van der Waals surface area contributed by atoms with Gasteiger partial charge in [-0.15, -0.1) is 11.6 Å². The van der Waals surface area contributed by atoms with Crippen LogP contribution in [0.3, 0.4) is 0 Å². The normalized spacial score (nSPS) is 9.47. The van der Waals surface area contributed by atoms with E-state index in [-0.39, 0.29) is 23.9 Å². The molecule has 0 saturated carbocycles. The fourth-order valence-corrected chi connectivity index (χ4v) is 1.46. The minimum atomic E-state index is -0.559. The number of nitro groups is 1. The topological polar surface area (TPSA) is 85.4 Å². The molecule has 90 valence electrons. The SMILES string of the molecule is COc1cc(CCl)c([N+](=O)[O-])cc1OCC#N. The highest BCUT2D eigenvalue weighted by Crippen LogP contribution is 2.35. The number of halogens is 1. The first-order valence-corrected chi connectivity index (χ1v) is 5.08. The molecule has 1 aromatic carbocycles. The molecule has 0 saturated heterocycles. The standard InChI is InChI=1S/C10H9ClN2O4/c1-16-9-4-7(6-11)8(13(14)15)5-10(9)17-3-2-12/h4-5H,3,6H2,1H3. The summed E-state index contributed by atoms with van der Waals surface area (Å²) in [6.07, 6.45) is 0. The molecular formula is C10H9ClN2O4. The third kappa shape index (κ3) is 2.98. The van der Waals surface area contributed by atoms with E-state index < -0.39 is 4.92 Å². The summed E-state index contributed by atoms with van der Waals surface area (Å²) >= 11 is 5.61. The molecule has 0 aliphatic heterocycles. The molecule has 0 N–H and O–H groups in total. The van der Waals surface area contributed by atoms with Crippen LogP contribution in [0.1, 0.15) is 5.56 Å². The number of nitriles is 1. The van der Waals surface area contributed by atoms with Crippen molar-refractivity contribution in [3.8, 4) is 17.6 Å². The lowest BCUT2D eigenvalue weighted by Crippen LogP contribution is -2.00. The van der Waals surface area contributed by atoms with E-state index in [9.17, 15) is 10.1 Å². The van der Waals surface area contributed by atoms with Gasteiger partial charge in [0.2, 0.25) is 0 Å². The second-order valence-electron chi connectivity index (χ2n) is 2.97. The van der Waals surface area contributed by atoms with Crippen LogP contribution in [-0.4, -0.2) is 18.6 Å². The van der Waals surface area contributed by atoms with Gasteiger partial charge in [-0.25, -0.2) is 0 Å². The van der Waals surface area contributed by atoms with E-state index >= 15 is 0 Å². The number of rotatable bonds is 5. The van der Waals surface area contributed by atoms with Gasteiger partial charge in [-0.3, -0.25) is 10.1 Å². The maximum Gasteiger partial charge on any atom is 0.277 e. The highest BCUT2D eigenvalue weighted by molar-refractivity contribution is 6.17. The van der Waals surface area contributed by atoms with E-state index in [4.69, 9.17) is 26.3 Å². The van der Waals surface area contributed by atoms with Crippen LogP contribution >= 0.6 is 11.6 Å². The molecule has 0 aliphatic carbocycles. The van der Waals surface area contributed by atoms with Gasteiger partial charge in [-0.1, -0.05) is 0 Å². The van der Waals surface area contributed by atoms with E-state index in [1.165, 1.54) is 19.2 Å². The molecule has 0 aromatic heterocycles. The van der Waals surface area contributed by atoms with Gasteiger partial charge in [-0.2, -0.15) is 5.26 Å². The highest BCUT2D eigenvalue weighted by Gasteiger charge is 2.18. The van der Waals surface area contributed by atoms with Crippen molar-refractivity contribution in [2.45, 2.75) is 5.88 Å². The molecule has 0 aliphatic rings. The van der Waals surface area contributed by atoms with Gasteiger partial charge in [-0.05, 0) is 6.07 Å². The van der Waals surface area contributed by atoms with Crippen LogP contribution in [0.5, 0.6) is 11.5 Å². The van der Waals surface area contributed by atoms with Crippen LogP contribution in [-0.2, 0) is 5.88 Å². The highest BCUT2D eigenvalue weighted by atomic mass is 35.5. The molecule has 0 heterocycles. The molecule has 0 radical (unpaired) electrons. The van der Waals surface area contributed by atoms with Crippen molar-refractivity contribution in [1.82, 2.24) is 0 Å². The summed E-state index contributed by atoms with van der Waals surface area (Å²) in [6.45, 7) is -0.215. The molecular weight excluding hydrogens is 248 g/mol. The van der Waals surface area contributed by atoms with E-state index in [0.29, 0.717) is 11.3 Å². The maximum absolute atomic E-state index is 10.8. The van der Waals surface area contributed by atoms with E-state index in [0.717, 1.165) is 0 Å². The van der Waals surface area contributed by atoms with Gasteiger partial charge in [0.15, 0.2) is 18.1 Å². The molecule has 6 nitrogen and oxygen atoms in total. The summed E-state index contributed by atoms with van der Waals surface area (Å²) in [7, 11) is 1.40. The van der Waals surface area contributed by atoms with Crippen molar-refractivity contribution in [2.24, 2.45) is 0 Å². The van der Waals surface area contributed by atoms with Crippen molar-refractivity contribution < 1.29 is 14.4 Å². The van der Waals surface area contributed by atoms with Gasteiger partial charge in [0, 0.05) is 5.56 Å². The minimum Gasteiger partial charge on any atom is -0.493 e. The first kappa shape index (κ1) is 13.1. The first-order chi connectivity index (χ1) is 8.13. The van der Waals surface area contributed by atoms with E-state index in [2.05, 4.69) is 0 Å². The Bertz CT molecular complexity index is 470. The Balaban J connectivity index is 3.24. The molecule has 7 heteroatoms. The van der Waals surface area contributed by atoms with E-state index in [1.54, 1.807) is 6.07 Å². The van der Waals surface area contributed by atoms with E-state index in [1.807, 2.05) is 0 Å². The largest absolute Gasteiger partial charge is 0.493 e. The number of nitro benzene ring substituents is 1. The molecule has 0 amide bonds. The van der Waals surface area contributed by atoms with Crippen molar-refractivity contribution in [2.75, 3.05) is 13.7 Å². The fraction of sp³-hybridized carbons (Fsp3) is 0.300. The molecule has 0 atom stereocenters. The fourth-order valence-electron chi connectivity index (χ4n) is 1.25. The van der Waals surface area contributed by atoms with Gasteiger partial charge < -0.3 is 9.47 Å². The lowest BCUT2D eigenvalue weighted by Gasteiger charge is -2.09. The number of alkyl halides is 1. The molecule has 17 heavy (non-hydrogen) atoms. The van der Waals surface area contributed by atoms with Gasteiger partial charge >= 0.3 is 0 Å². The van der Waals surface area contributed by atoms with Crippen LogP contribution in [0.2, 0.25) is 0 Å². The summed E-state index contributed by atoms with van der Waals surface area (Å²) < 4.78 is 10.0. The minimum absolute atomic E-state index is 0.00873. The molecule has 0 spiro atoms. The molecule has 0 unspecified atom stereocenters. The zero-order valence-electron chi connectivity index (χ0n) is 8.97. The van der Waals surface area contributed by atoms with Crippen molar-refractivity contribution >= 4 is 17.3 Å². The van der Waals surface area contributed by atoms with Gasteiger partial charge in [0.1, 0.15) is 6.07 Å². The Morgan fingerprint density at radius 3 is 2.71 bits per heavy atom. The third-order valence-corrected chi connectivity index (χ3v) is 2.29. The van der Waals surface area contributed by atoms with Crippen LogP contribution in [0.25, 0.3) is 0 Å². The van der Waals surface area contributed by atoms with Crippen LogP contribution in [0.4, 0.5) is 5.69 Å². The quantitative estimate of drug-likeness (QED) is 0.458. The average molecular weight is 257 g/mol. The second-order valence-corrected chi connectivity index (χ2v) is 3.24. The number of nitrogens with zero attached hydrogens (tertiary/aromatic N) is 2. The lowest BCUT2D eigenvalue weighted by atomic mass is 10.2. The second kappa shape index (κ2) is 5.92. The molecule has 1 aromatic rings. The molecule has 0 bridgehead atoms. The Hall–Kier alpha value is -2.00. The molecule has 0 fully saturated rings. The Morgan fingerprint density at radius 1 is 1.53 bits per heavy atom. The molecule has 1 rings (SSSR count). The van der Waals surface area contributed by atoms with Crippen molar-refractivity contribution in [3.63, 3.8) is 0 Å². The van der Waals surface area contributed by atoms with Crippen LogP contribution in [0, 0.1) is 21.4 Å². The zero-order valence-corrected chi connectivity index (χ0v) is 9.73. The first-order valence-electron chi connectivity index (χ1n) is 4.55. The van der Waals surface area contributed by atoms with Crippen molar-refractivity contribution in [1.29, 1.82) is 5.26 Å². The Labute approximate surface area is 102 Å². The summed E-state index contributed by atoms with van der Waals surface area (Å²) in [4.78, 5) is 10.2. The summed E-state index contributed by atoms with van der Waals surface area (Å²) in [5, 5.41) is 19.2. The summed E-state index contributed by atoms with van der Waals surface area (Å²) in [6, 6.07) is 4.40. The van der Waals surface area contributed by atoms with Crippen LogP contribution in [0.15, 0.2) is 12.1 Å². The zero-order chi connectivity index (χ0) is 12.8. The number of ether oxygens (including phenoxy) is 2. The number of hydrogen-bond donors (Lipinski definition) is 0. The summed E-state index contributed by atoms with van der Waals surface area (Å²) in [5.41, 5.74) is 0.173. The predicted octanol–water partition coefficient (Wildman–Crippen LogP) is 2.24.